The molecule has 1 atom stereocenters. The smallest absolute Gasteiger partial charge is 0.170 e. The minimum absolute atomic E-state index is 0.251. The third kappa shape index (κ3) is 1.92. The van der Waals surface area contributed by atoms with Gasteiger partial charge in [0.15, 0.2) is 6.29 Å². The molecule has 1 aliphatic heterocycles. The molecule has 4 heteroatoms. The Bertz CT molecular complexity index is 330. The van der Waals surface area contributed by atoms with E-state index in [1.165, 1.54) is 12.1 Å². The first-order chi connectivity index (χ1) is 6.79. The molecule has 3 nitrogen and oxygen atoms in total. The van der Waals surface area contributed by atoms with Crippen LogP contribution < -0.4 is 5.73 Å². The third-order valence-electron chi connectivity index (χ3n) is 2.21. The number of fused-ring (bicyclic) bond motifs is 1. The molecule has 1 unspecified atom stereocenters. The summed E-state index contributed by atoms with van der Waals surface area (Å²) >= 11 is 0. The van der Waals surface area contributed by atoms with Crippen molar-refractivity contribution in [3.63, 3.8) is 0 Å². The van der Waals surface area contributed by atoms with Crippen molar-refractivity contribution in [2.24, 2.45) is 5.73 Å². The maximum Gasteiger partial charge on any atom is 0.170 e. The largest absolute Gasteiger partial charge is 0.347 e. The van der Waals surface area contributed by atoms with Crippen LogP contribution in [0.25, 0.3) is 0 Å². The molecule has 0 saturated carbocycles. The standard InChI is InChI=1S/C10H12FNO2/c11-9-2-1-7-5-13-10(4-12)14-6-8(7)3-9/h1-3,10H,4-6,12H2. The van der Waals surface area contributed by atoms with Gasteiger partial charge in [-0.2, -0.15) is 0 Å². The number of nitrogens with two attached hydrogens (primary N) is 1. The van der Waals surface area contributed by atoms with E-state index < -0.39 is 0 Å². The summed E-state index contributed by atoms with van der Waals surface area (Å²) in [5, 5.41) is 0. The van der Waals surface area contributed by atoms with E-state index in [1.54, 1.807) is 6.07 Å². The summed E-state index contributed by atoms with van der Waals surface area (Å²) in [7, 11) is 0. The van der Waals surface area contributed by atoms with Gasteiger partial charge in [-0.05, 0) is 23.3 Å². The number of halogens is 1. The van der Waals surface area contributed by atoms with Crippen LogP contribution in [0.4, 0.5) is 4.39 Å². The highest BCUT2D eigenvalue weighted by atomic mass is 19.1. The normalized spacial score (nSPS) is 21.4. The summed E-state index contributed by atoms with van der Waals surface area (Å²) in [5.41, 5.74) is 7.21. The van der Waals surface area contributed by atoms with Gasteiger partial charge in [-0.3, -0.25) is 0 Å². The van der Waals surface area contributed by atoms with Gasteiger partial charge in [0, 0.05) is 6.54 Å². The molecule has 1 aromatic rings. The maximum absolute atomic E-state index is 12.9. The molecule has 0 amide bonds. The highest BCUT2D eigenvalue weighted by molar-refractivity contribution is 5.27. The van der Waals surface area contributed by atoms with Crippen molar-refractivity contribution in [2.45, 2.75) is 19.5 Å². The molecule has 0 aliphatic carbocycles. The molecule has 0 saturated heterocycles. The van der Waals surface area contributed by atoms with E-state index >= 15 is 0 Å². The number of rotatable bonds is 1. The Hall–Kier alpha value is -0.970. The van der Waals surface area contributed by atoms with Crippen molar-refractivity contribution >= 4 is 0 Å². The summed E-state index contributed by atoms with van der Waals surface area (Å²) in [6.45, 7) is 1.10. The molecule has 1 heterocycles. The van der Waals surface area contributed by atoms with Gasteiger partial charge in [0.05, 0.1) is 13.2 Å². The topological polar surface area (TPSA) is 44.5 Å². The van der Waals surface area contributed by atoms with Crippen molar-refractivity contribution in [1.82, 2.24) is 0 Å². The van der Waals surface area contributed by atoms with E-state index in [1.807, 2.05) is 0 Å². The molecule has 0 aromatic heterocycles. The second-order valence-corrected chi connectivity index (χ2v) is 3.20. The van der Waals surface area contributed by atoms with E-state index in [0.29, 0.717) is 19.8 Å². The number of benzene rings is 1. The Morgan fingerprint density at radius 1 is 1.29 bits per heavy atom. The molecule has 2 N–H and O–H groups in total. The van der Waals surface area contributed by atoms with Gasteiger partial charge < -0.3 is 15.2 Å². The fourth-order valence-electron chi connectivity index (χ4n) is 1.42. The molecule has 0 bridgehead atoms. The lowest BCUT2D eigenvalue weighted by Crippen LogP contribution is -2.24. The highest BCUT2D eigenvalue weighted by Crippen LogP contribution is 2.18. The molecule has 0 fully saturated rings. The quantitative estimate of drug-likeness (QED) is 0.734. The monoisotopic (exact) mass is 197 g/mol. The Morgan fingerprint density at radius 2 is 2.00 bits per heavy atom. The van der Waals surface area contributed by atoms with Crippen molar-refractivity contribution < 1.29 is 13.9 Å². The summed E-state index contributed by atoms with van der Waals surface area (Å²) in [5.74, 6) is -0.251. The van der Waals surface area contributed by atoms with Crippen LogP contribution in [0.3, 0.4) is 0 Å². The van der Waals surface area contributed by atoms with Crippen LogP contribution in [0.2, 0.25) is 0 Å². The summed E-state index contributed by atoms with van der Waals surface area (Å²) < 4.78 is 23.6. The highest BCUT2D eigenvalue weighted by Gasteiger charge is 2.15. The number of hydrogen-bond donors (Lipinski definition) is 1. The van der Waals surface area contributed by atoms with Crippen LogP contribution in [-0.2, 0) is 22.7 Å². The van der Waals surface area contributed by atoms with Gasteiger partial charge >= 0.3 is 0 Å². The summed E-state index contributed by atoms with van der Waals surface area (Å²) in [4.78, 5) is 0. The predicted octanol–water partition coefficient (Wildman–Crippen LogP) is 1.16. The van der Waals surface area contributed by atoms with Crippen LogP contribution in [0, 0.1) is 5.82 Å². The van der Waals surface area contributed by atoms with Crippen molar-refractivity contribution in [3.05, 3.63) is 35.1 Å². The second-order valence-electron chi connectivity index (χ2n) is 3.20. The summed E-state index contributed by atoms with van der Waals surface area (Å²) in [6.07, 6.45) is -0.384. The van der Waals surface area contributed by atoms with Gasteiger partial charge in [-0.1, -0.05) is 6.07 Å². The van der Waals surface area contributed by atoms with Crippen LogP contribution >= 0.6 is 0 Å². The van der Waals surface area contributed by atoms with Crippen molar-refractivity contribution in [1.29, 1.82) is 0 Å². The van der Waals surface area contributed by atoms with Crippen molar-refractivity contribution in [3.8, 4) is 0 Å². The van der Waals surface area contributed by atoms with Crippen LogP contribution in [0.1, 0.15) is 11.1 Å². The van der Waals surface area contributed by atoms with Crippen LogP contribution in [0.15, 0.2) is 18.2 Å². The zero-order chi connectivity index (χ0) is 9.97. The third-order valence-corrected chi connectivity index (χ3v) is 2.21. The SMILES string of the molecule is NCC1OCc2ccc(F)cc2CO1. The van der Waals surface area contributed by atoms with E-state index in [0.717, 1.165) is 11.1 Å². The molecular weight excluding hydrogens is 185 g/mol. The van der Waals surface area contributed by atoms with Gasteiger partial charge in [-0.15, -0.1) is 0 Å². The average molecular weight is 197 g/mol. The Kier molecular flexibility index (Phi) is 2.77. The van der Waals surface area contributed by atoms with E-state index in [-0.39, 0.29) is 12.1 Å². The molecule has 14 heavy (non-hydrogen) atoms. The molecule has 2 rings (SSSR count). The Labute approximate surface area is 81.6 Å². The average Bonchev–Trinajstić information content (AvgIpc) is 2.39. The predicted molar refractivity (Wildman–Crippen MR) is 48.8 cm³/mol. The molecule has 1 aliphatic rings. The van der Waals surface area contributed by atoms with E-state index in [2.05, 4.69) is 0 Å². The first-order valence-corrected chi connectivity index (χ1v) is 4.50. The number of ether oxygens (including phenoxy) is 2. The minimum Gasteiger partial charge on any atom is -0.347 e. The lowest BCUT2D eigenvalue weighted by atomic mass is 10.1. The second kappa shape index (κ2) is 4.04. The molecule has 0 spiro atoms. The fraction of sp³-hybridized carbons (Fsp3) is 0.400. The lowest BCUT2D eigenvalue weighted by Gasteiger charge is -2.11. The Balaban J connectivity index is 2.21. The lowest BCUT2D eigenvalue weighted by molar-refractivity contribution is -0.141. The van der Waals surface area contributed by atoms with Gasteiger partial charge in [-0.25, -0.2) is 4.39 Å². The maximum atomic E-state index is 12.9. The molecule has 1 aromatic carbocycles. The van der Waals surface area contributed by atoms with Crippen molar-refractivity contribution in [2.75, 3.05) is 6.54 Å². The van der Waals surface area contributed by atoms with Gasteiger partial charge in [0.2, 0.25) is 0 Å². The van der Waals surface area contributed by atoms with E-state index in [4.69, 9.17) is 15.2 Å². The van der Waals surface area contributed by atoms with Crippen LogP contribution in [0.5, 0.6) is 0 Å². The Morgan fingerprint density at radius 3 is 2.71 bits per heavy atom. The number of hydrogen-bond acceptors (Lipinski definition) is 3. The molecule has 76 valence electrons. The zero-order valence-electron chi connectivity index (χ0n) is 7.70. The zero-order valence-corrected chi connectivity index (χ0v) is 7.70. The fourth-order valence-corrected chi connectivity index (χ4v) is 1.42. The molecular formula is C10H12FNO2. The van der Waals surface area contributed by atoms with Gasteiger partial charge in [0.25, 0.3) is 0 Å². The molecule has 0 radical (unpaired) electrons. The summed E-state index contributed by atoms with van der Waals surface area (Å²) in [6, 6.07) is 4.61. The van der Waals surface area contributed by atoms with Crippen LogP contribution in [-0.4, -0.2) is 12.8 Å². The first kappa shape index (κ1) is 9.58. The van der Waals surface area contributed by atoms with Gasteiger partial charge in [0.1, 0.15) is 5.82 Å². The minimum atomic E-state index is -0.384. The van der Waals surface area contributed by atoms with E-state index in [9.17, 15) is 4.39 Å². The first-order valence-electron chi connectivity index (χ1n) is 4.50.